The van der Waals surface area contributed by atoms with Gasteiger partial charge in [-0.2, -0.15) is 0 Å². The lowest BCUT2D eigenvalue weighted by molar-refractivity contribution is -0.134. The van der Waals surface area contributed by atoms with Crippen LogP contribution in [0.25, 0.3) is 21.5 Å². The monoisotopic (exact) mass is 454 g/mol. The molecule has 5 rings (SSSR count). The van der Waals surface area contributed by atoms with E-state index in [1.54, 1.807) is 48.5 Å². The van der Waals surface area contributed by atoms with Gasteiger partial charge < -0.3 is 10.2 Å². The summed E-state index contributed by atoms with van der Waals surface area (Å²) in [6, 6.07) is 18.9. The molecule has 0 spiro atoms. The SMILES string of the molecule is O=C1CC(=O)N(c2cccc3c(O)cccc23)C(=O)CC(=O)N1c1cccc2c(O)cccc12. The lowest BCUT2D eigenvalue weighted by Crippen LogP contribution is -2.49. The van der Waals surface area contributed by atoms with Crippen molar-refractivity contribution in [2.45, 2.75) is 12.8 Å². The van der Waals surface area contributed by atoms with Gasteiger partial charge >= 0.3 is 0 Å². The highest BCUT2D eigenvalue weighted by Crippen LogP contribution is 2.36. The van der Waals surface area contributed by atoms with Crippen molar-refractivity contribution in [1.82, 2.24) is 0 Å². The number of rotatable bonds is 2. The molecule has 0 saturated carbocycles. The van der Waals surface area contributed by atoms with Crippen LogP contribution in [0.5, 0.6) is 11.5 Å². The van der Waals surface area contributed by atoms with Gasteiger partial charge in [-0.05, 0) is 24.3 Å². The third-order valence-electron chi connectivity index (χ3n) is 5.84. The lowest BCUT2D eigenvalue weighted by atomic mass is 10.0. The largest absolute Gasteiger partial charge is 0.507 e. The van der Waals surface area contributed by atoms with Crippen LogP contribution in [-0.4, -0.2) is 33.8 Å². The first-order valence-electron chi connectivity index (χ1n) is 10.5. The minimum Gasteiger partial charge on any atom is -0.507 e. The van der Waals surface area contributed by atoms with Gasteiger partial charge in [0.1, 0.15) is 24.3 Å². The molecule has 4 aromatic carbocycles. The molecule has 0 aliphatic carbocycles. The van der Waals surface area contributed by atoms with Gasteiger partial charge in [-0.1, -0.05) is 48.5 Å². The second kappa shape index (κ2) is 8.00. The smallest absolute Gasteiger partial charge is 0.243 e. The van der Waals surface area contributed by atoms with E-state index in [0.29, 0.717) is 21.5 Å². The Morgan fingerprint density at radius 3 is 1.18 bits per heavy atom. The molecule has 0 bridgehead atoms. The number of phenols is 2. The quantitative estimate of drug-likeness (QED) is 0.353. The Balaban J connectivity index is 1.58. The Morgan fingerprint density at radius 1 is 0.471 bits per heavy atom. The number of anilines is 2. The molecule has 34 heavy (non-hydrogen) atoms. The summed E-state index contributed by atoms with van der Waals surface area (Å²) in [5.41, 5.74) is 0.375. The average Bonchev–Trinajstić information content (AvgIpc) is 2.80. The van der Waals surface area contributed by atoms with Crippen molar-refractivity contribution in [3.63, 3.8) is 0 Å². The summed E-state index contributed by atoms with van der Waals surface area (Å²) in [7, 11) is 0. The Bertz CT molecular complexity index is 1380. The van der Waals surface area contributed by atoms with Crippen LogP contribution >= 0.6 is 0 Å². The van der Waals surface area contributed by atoms with E-state index in [1.807, 2.05) is 0 Å². The lowest BCUT2D eigenvalue weighted by Gasteiger charge is -2.29. The Kier molecular flexibility index (Phi) is 4.98. The van der Waals surface area contributed by atoms with Gasteiger partial charge in [0.2, 0.25) is 23.6 Å². The molecule has 4 amide bonds. The third-order valence-corrected chi connectivity index (χ3v) is 5.84. The highest BCUT2D eigenvalue weighted by Gasteiger charge is 2.37. The number of amides is 4. The molecule has 1 aliphatic heterocycles. The fourth-order valence-electron chi connectivity index (χ4n) is 4.33. The number of fused-ring (bicyclic) bond motifs is 2. The standard InChI is InChI=1S/C26H18N2O6/c29-21-11-3-5-15-17(21)7-1-9-19(15)27-23(31)13-25(33)28(26(34)14-24(27)32)20-10-2-8-18-16(20)6-4-12-22(18)30/h1-12,29-30H,13-14H2. The van der Waals surface area contributed by atoms with Crippen LogP contribution in [0, 0.1) is 0 Å². The molecule has 2 N–H and O–H groups in total. The molecule has 4 aromatic rings. The van der Waals surface area contributed by atoms with Gasteiger partial charge in [0, 0.05) is 21.5 Å². The van der Waals surface area contributed by atoms with Crippen LogP contribution in [0.3, 0.4) is 0 Å². The second-order valence-electron chi connectivity index (χ2n) is 7.90. The summed E-state index contributed by atoms with van der Waals surface area (Å²) >= 11 is 0. The van der Waals surface area contributed by atoms with Crippen molar-refractivity contribution in [3.05, 3.63) is 72.8 Å². The molecule has 8 nitrogen and oxygen atoms in total. The van der Waals surface area contributed by atoms with Crippen molar-refractivity contribution < 1.29 is 29.4 Å². The molecule has 0 atom stereocenters. The molecule has 8 heteroatoms. The number of benzene rings is 4. The van der Waals surface area contributed by atoms with E-state index in [-0.39, 0.29) is 22.9 Å². The summed E-state index contributed by atoms with van der Waals surface area (Å²) in [4.78, 5) is 54.3. The van der Waals surface area contributed by atoms with Gasteiger partial charge in [0.15, 0.2) is 0 Å². The van der Waals surface area contributed by atoms with E-state index in [4.69, 9.17) is 0 Å². The van der Waals surface area contributed by atoms with Gasteiger partial charge in [-0.25, -0.2) is 9.80 Å². The average molecular weight is 454 g/mol. The fourth-order valence-corrected chi connectivity index (χ4v) is 4.33. The highest BCUT2D eigenvalue weighted by atomic mass is 16.3. The number of phenolic OH excluding ortho intramolecular Hbond substituents is 2. The molecule has 1 heterocycles. The summed E-state index contributed by atoms with van der Waals surface area (Å²) in [6.45, 7) is 0. The normalized spacial score (nSPS) is 15.2. The van der Waals surface area contributed by atoms with Crippen LogP contribution in [0.1, 0.15) is 12.8 Å². The van der Waals surface area contributed by atoms with Crippen LogP contribution in [-0.2, 0) is 19.2 Å². The molecular weight excluding hydrogens is 436 g/mol. The zero-order valence-electron chi connectivity index (χ0n) is 17.8. The van der Waals surface area contributed by atoms with Gasteiger partial charge in [0.05, 0.1) is 11.4 Å². The maximum Gasteiger partial charge on any atom is 0.243 e. The van der Waals surface area contributed by atoms with Crippen molar-refractivity contribution in [2.75, 3.05) is 9.80 Å². The summed E-state index contributed by atoms with van der Waals surface area (Å²) in [5.74, 6) is -3.19. The van der Waals surface area contributed by atoms with Gasteiger partial charge in [-0.3, -0.25) is 19.2 Å². The van der Waals surface area contributed by atoms with Crippen LogP contribution in [0.2, 0.25) is 0 Å². The van der Waals surface area contributed by atoms with Gasteiger partial charge in [0.25, 0.3) is 0 Å². The molecular formula is C26H18N2O6. The first-order valence-corrected chi connectivity index (χ1v) is 10.5. The van der Waals surface area contributed by atoms with Crippen molar-refractivity contribution >= 4 is 56.5 Å². The maximum absolute atomic E-state index is 13.2. The third kappa shape index (κ3) is 3.32. The van der Waals surface area contributed by atoms with Crippen LogP contribution in [0.4, 0.5) is 11.4 Å². The minimum absolute atomic E-state index is 0.0242. The number of imide groups is 2. The van der Waals surface area contributed by atoms with E-state index in [1.165, 1.54) is 24.3 Å². The first-order chi connectivity index (χ1) is 16.4. The van der Waals surface area contributed by atoms with Gasteiger partial charge in [-0.15, -0.1) is 0 Å². The topological polar surface area (TPSA) is 115 Å². The number of nitrogens with zero attached hydrogens (tertiary/aromatic N) is 2. The molecule has 168 valence electrons. The van der Waals surface area contributed by atoms with Crippen LogP contribution in [0.15, 0.2) is 72.8 Å². The molecule has 0 aromatic heterocycles. The molecule has 0 unspecified atom stereocenters. The zero-order chi connectivity index (χ0) is 24.0. The van der Waals surface area contributed by atoms with Crippen LogP contribution < -0.4 is 9.80 Å². The number of hydrogen-bond donors (Lipinski definition) is 2. The fraction of sp³-hybridized carbons (Fsp3) is 0.0769. The molecule has 0 radical (unpaired) electrons. The van der Waals surface area contributed by atoms with Crippen molar-refractivity contribution in [1.29, 1.82) is 0 Å². The second-order valence-corrected chi connectivity index (χ2v) is 7.90. The molecule has 1 saturated heterocycles. The van der Waals surface area contributed by atoms with E-state index in [9.17, 15) is 29.4 Å². The minimum atomic E-state index is -0.786. The first kappa shape index (κ1) is 21.1. The molecule has 1 fully saturated rings. The zero-order valence-corrected chi connectivity index (χ0v) is 17.8. The number of carbonyl (C=O) groups excluding carboxylic acids is 4. The highest BCUT2D eigenvalue weighted by molar-refractivity contribution is 6.33. The molecule has 1 aliphatic rings. The Hall–Kier alpha value is -4.72. The Labute approximate surface area is 193 Å². The van der Waals surface area contributed by atoms with E-state index in [2.05, 4.69) is 0 Å². The maximum atomic E-state index is 13.2. The number of carbonyl (C=O) groups is 4. The van der Waals surface area contributed by atoms with Crippen molar-refractivity contribution in [3.8, 4) is 11.5 Å². The summed E-state index contributed by atoms with van der Waals surface area (Å²) in [5, 5.41) is 22.0. The summed E-state index contributed by atoms with van der Waals surface area (Å²) < 4.78 is 0. The Morgan fingerprint density at radius 2 is 0.794 bits per heavy atom. The van der Waals surface area contributed by atoms with E-state index in [0.717, 1.165) is 9.80 Å². The number of aromatic hydroxyl groups is 2. The van der Waals surface area contributed by atoms with Crippen molar-refractivity contribution in [2.24, 2.45) is 0 Å². The predicted octanol–water partition coefficient (Wildman–Crippen LogP) is 3.62. The van der Waals surface area contributed by atoms with E-state index >= 15 is 0 Å². The predicted molar refractivity (Wildman–Crippen MR) is 125 cm³/mol. The summed E-state index contributed by atoms with van der Waals surface area (Å²) in [6.07, 6.45) is -1.44. The number of hydrogen-bond acceptors (Lipinski definition) is 6. The van der Waals surface area contributed by atoms with E-state index < -0.39 is 36.5 Å².